The molecule has 102 valence electrons. The Balaban J connectivity index is 1.97. The van der Waals surface area contributed by atoms with E-state index in [2.05, 4.69) is 75.6 Å². The van der Waals surface area contributed by atoms with E-state index in [0.717, 1.165) is 6.67 Å². The molecule has 1 aliphatic heterocycles. The molecule has 0 aliphatic carbocycles. The van der Waals surface area contributed by atoms with Gasteiger partial charge < -0.3 is 0 Å². The number of pyridine rings is 1. The second-order valence-electron chi connectivity index (χ2n) is 5.28. The fourth-order valence-corrected chi connectivity index (χ4v) is 2.95. The van der Waals surface area contributed by atoms with E-state index in [0.29, 0.717) is 0 Å². The van der Waals surface area contributed by atoms with E-state index in [1.807, 2.05) is 12.4 Å². The molecule has 3 nitrogen and oxygen atoms in total. The molecule has 4 rings (SSSR count). The second-order valence-corrected chi connectivity index (χ2v) is 5.28. The minimum Gasteiger partial charge on any atom is -0.283 e. The van der Waals surface area contributed by atoms with Gasteiger partial charge in [0, 0.05) is 35.8 Å². The van der Waals surface area contributed by atoms with Crippen LogP contribution in [0.25, 0.3) is 0 Å². The molecule has 1 aliphatic rings. The van der Waals surface area contributed by atoms with Crippen LogP contribution in [0.15, 0.2) is 67.0 Å². The number of benzene rings is 1. The summed E-state index contributed by atoms with van der Waals surface area (Å²) >= 11 is 0. The molecular formula is C18H16N3+. The van der Waals surface area contributed by atoms with Crippen LogP contribution in [0.2, 0.25) is 0 Å². The molecule has 3 aromatic rings. The van der Waals surface area contributed by atoms with Crippen molar-refractivity contribution in [1.29, 1.82) is 0 Å². The highest BCUT2D eigenvalue weighted by atomic mass is 15.2. The van der Waals surface area contributed by atoms with Crippen molar-refractivity contribution < 1.29 is 4.58 Å². The molecule has 1 aromatic carbocycles. The molecule has 0 N–H and O–H groups in total. The third kappa shape index (κ3) is 1.89. The van der Waals surface area contributed by atoms with Crippen molar-refractivity contribution in [1.82, 2.24) is 9.55 Å². The largest absolute Gasteiger partial charge is 0.283 e. The van der Waals surface area contributed by atoms with E-state index in [4.69, 9.17) is 0 Å². The number of aromatic nitrogens is 2. The lowest BCUT2D eigenvalue weighted by molar-refractivity contribution is -0.467. The number of nitrogens with zero attached hydrogens (tertiary/aromatic N) is 3. The van der Waals surface area contributed by atoms with Gasteiger partial charge in [-0.2, -0.15) is 4.58 Å². The van der Waals surface area contributed by atoms with Gasteiger partial charge in [0.25, 0.3) is 0 Å². The summed E-state index contributed by atoms with van der Waals surface area (Å²) in [6, 6.07) is 19.1. The van der Waals surface area contributed by atoms with Crippen molar-refractivity contribution in [3.8, 4) is 0 Å². The van der Waals surface area contributed by atoms with Gasteiger partial charge in [0.2, 0.25) is 18.1 Å². The third-order valence-corrected chi connectivity index (χ3v) is 4.02. The van der Waals surface area contributed by atoms with Crippen LogP contribution < -0.4 is 0 Å². The first-order valence-corrected chi connectivity index (χ1v) is 7.11. The Bertz CT molecular complexity index is 814. The van der Waals surface area contributed by atoms with Crippen molar-refractivity contribution in [3.05, 3.63) is 83.9 Å². The number of hydrogen-bond donors (Lipinski definition) is 0. The van der Waals surface area contributed by atoms with Gasteiger partial charge in [0.15, 0.2) is 0 Å². The summed E-state index contributed by atoms with van der Waals surface area (Å²) in [5.74, 6) is 0. The van der Waals surface area contributed by atoms with Gasteiger partial charge in [0.05, 0.1) is 0 Å². The fraction of sp³-hybridized carbons (Fsp3) is 0.111. The van der Waals surface area contributed by atoms with E-state index in [-0.39, 0.29) is 0 Å². The molecule has 21 heavy (non-hydrogen) atoms. The lowest BCUT2D eigenvalue weighted by atomic mass is 10.1. The van der Waals surface area contributed by atoms with Crippen molar-refractivity contribution in [3.63, 3.8) is 0 Å². The molecular weight excluding hydrogens is 258 g/mol. The fourth-order valence-electron chi connectivity index (χ4n) is 2.95. The molecule has 0 saturated carbocycles. The molecule has 0 unspecified atom stereocenters. The summed E-state index contributed by atoms with van der Waals surface area (Å²) in [6.07, 6.45) is 3.69. The molecule has 3 heterocycles. The van der Waals surface area contributed by atoms with Crippen LogP contribution in [0, 0.1) is 6.92 Å². The highest BCUT2D eigenvalue weighted by Crippen LogP contribution is 2.25. The van der Waals surface area contributed by atoms with Gasteiger partial charge >= 0.3 is 0 Å². The molecule has 3 heteroatoms. The second kappa shape index (κ2) is 4.70. The molecule has 0 radical (unpaired) electrons. The minimum absolute atomic E-state index is 0.850. The van der Waals surface area contributed by atoms with E-state index in [1.54, 1.807) is 0 Å². The summed E-state index contributed by atoms with van der Waals surface area (Å²) in [5, 5.41) is 0. The van der Waals surface area contributed by atoms with Crippen LogP contribution in [0.1, 0.15) is 17.0 Å². The smallest absolute Gasteiger partial charge is 0.238 e. The minimum atomic E-state index is 0.850. The zero-order chi connectivity index (χ0) is 14.2. The van der Waals surface area contributed by atoms with Gasteiger partial charge in [0.1, 0.15) is 5.69 Å². The molecule has 0 bridgehead atoms. The maximum atomic E-state index is 4.13. The highest BCUT2D eigenvalue weighted by molar-refractivity contribution is 6.09. The predicted molar refractivity (Wildman–Crippen MR) is 83.0 cm³/mol. The lowest BCUT2D eigenvalue weighted by Crippen LogP contribution is -2.12. The van der Waals surface area contributed by atoms with E-state index in [1.165, 1.54) is 28.4 Å². The third-order valence-electron chi connectivity index (χ3n) is 4.02. The maximum absolute atomic E-state index is 4.13. The van der Waals surface area contributed by atoms with E-state index < -0.39 is 0 Å². The lowest BCUT2D eigenvalue weighted by Gasteiger charge is -2.02. The summed E-state index contributed by atoms with van der Waals surface area (Å²) in [4.78, 5) is 4.13. The molecule has 0 amide bonds. The Kier molecular flexibility index (Phi) is 2.71. The Morgan fingerprint density at radius 1 is 0.952 bits per heavy atom. The number of aryl methyl sites for hydroxylation is 1. The standard InChI is InChI=1S/C18H16N3/c1-14-7-8-17-18(15-5-3-2-4-6-15)21(13-20(14)17)16-9-11-19-12-10-16/h2-12H,13H2,1H3/q+1. The highest BCUT2D eigenvalue weighted by Gasteiger charge is 2.32. The Hall–Kier alpha value is -2.68. The van der Waals surface area contributed by atoms with Crippen LogP contribution in [0.3, 0.4) is 0 Å². The van der Waals surface area contributed by atoms with Gasteiger partial charge in [-0.05, 0) is 31.2 Å². The summed E-state index contributed by atoms with van der Waals surface area (Å²) in [7, 11) is 0. The van der Waals surface area contributed by atoms with Gasteiger partial charge in [-0.25, -0.2) is 0 Å². The summed E-state index contributed by atoms with van der Waals surface area (Å²) < 4.78 is 4.70. The quantitative estimate of drug-likeness (QED) is 0.656. The van der Waals surface area contributed by atoms with Gasteiger partial charge in [-0.1, -0.05) is 18.2 Å². The van der Waals surface area contributed by atoms with Gasteiger partial charge in [-0.3, -0.25) is 9.55 Å². The molecule has 0 atom stereocenters. The molecule has 0 spiro atoms. The number of rotatable bonds is 2. The number of hydrogen-bond acceptors (Lipinski definition) is 1. The van der Waals surface area contributed by atoms with Crippen LogP contribution in [-0.4, -0.2) is 19.8 Å². The van der Waals surface area contributed by atoms with Crippen molar-refractivity contribution in [2.75, 3.05) is 0 Å². The van der Waals surface area contributed by atoms with Crippen LogP contribution in [-0.2, 0) is 6.67 Å². The molecule has 2 aromatic heterocycles. The normalized spacial score (nSPS) is 13.6. The maximum Gasteiger partial charge on any atom is 0.238 e. The van der Waals surface area contributed by atoms with E-state index in [9.17, 15) is 0 Å². The summed E-state index contributed by atoms with van der Waals surface area (Å²) in [6.45, 7) is 3.00. The Morgan fingerprint density at radius 3 is 2.48 bits per heavy atom. The monoisotopic (exact) mass is 274 g/mol. The number of fused-ring (bicyclic) bond motifs is 1. The first kappa shape index (κ1) is 12.1. The van der Waals surface area contributed by atoms with Crippen molar-refractivity contribution in [2.24, 2.45) is 0 Å². The Labute approximate surface area is 123 Å². The van der Waals surface area contributed by atoms with Crippen molar-refractivity contribution >= 4 is 11.4 Å². The zero-order valence-electron chi connectivity index (χ0n) is 11.9. The first-order valence-electron chi connectivity index (χ1n) is 7.11. The van der Waals surface area contributed by atoms with E-state index >= 15 is 0 Å². The first-order chi connectivity index (χ1) is 10.3. The van der Waals surface area contributed by atoms with Crippen LogP contribution in [0.5, 0.6) is 0 Å². The average Bonchev–Trinajstić information content (AvgIpc) is 3.09. The topological polar surface area (TPSA) is 20.8 Å². The average molecular weight is 274 g/mol. The van der Waals surface area contributed by atoms with Crippen LogP contribution >= 0.6 is 0 Å². The zero-order valence-corrected chi connectivity index (χ0v) is 11.9. The predicted octanol–water partition coefficient (Wildman–Crippen LogP) is 3.34. The van der Waals surface area contributed by atoms with Crippen LogP contribution in [0.4, 0.5) is 5.69 Å². The SMILES string of the molecule is Cc1ccc2n1C[N+](c1ccncc1)=C2c1ccccc1. The molecule has 0 fully saturated rings. The Morgan fingerprint density at radius 2 is 1.71 bits per heavy atom. The van der Waals surface area contributed by atoms with Gasteiger partial charge in [-0.15, -0.1) is 0 Å². The van der Waals surface area contributed by atoms with Crippen molar-refractivity contribution in [2.45, 2.75) is 13.6 Å². The summed E-state index contributed by atoms with van der Waals surface area (Å²) in [5.41, 5.74) is 6.23. The molecule has 0 saturated heterocycles.